The second-order valence-electron chi connectivity index (χ2n) is 10.9. The molecule has 9 nitrogen and oxygen atoms in total. The monoisotopic (exact) mass is 515 g/mol. The van der Waals surface area contributed by atoms with Crippen molar-refractivity contribution in [3.05, 3.63) is 53.9 Å². The van der Waals surface area contributed by atoms with Crippen LogP contribution >= 0.6 is 0 Å². The first-order valence-electron chi connectivity index (χ1n) is 13.5. The number of aliphatic carboxylic acids is 1. The van der Waals surface area contributed by atoms with Crippen LogP contribution in [0.3, 0.4) is 0 Å². The lowest BCUT2D eigenvalue weighted by atomic mass is 9.89. The van der Waals surface area contributed by atoms with E-state index >= 15 is 0 Å². The van der Waals surface area contributed by atoms with E-state index in [9.17, 15) is 15.0 Å². The van der Waals surface area contributed by atoms with E-state index in [4.69, 9.17) is 4.52 Å². The molecule has 1 aliphatic heterocycles. The summed E-state index contributed by atoms with van der Waals surface area (Å²) in [6.07, 6.45) is 5.46. The number of carbonyl (C=O) groups is 1. The molecular formula is C29H33N5O4. The van der Waals surface area contributed by atoms with Crippen LogP contribution in [-0.2, 0) is 4.79 Å². The minimum Gasteiger partial charge on any atom is -0.507 e. The van der Waals surface area contributed by atoms with Crippen molar-refractivity contribution in [3.63, 3.8) is 0 Å². The van der Waals surface area contributed by atoms with Crippen LogP contribution < -0.4 is 4.90 Å². The van der Waals surface area contributed by atoms with Crippen LogP contribution in [-0.4, -0.2) is 49.2 Å². The summed E-state index contributed by atoms with van der Waals surface area (Å²) in [6.45, 7) is 5.39. The maximum Gasteiger partial charge on any atom is 0.314 e. The van der Waals surface area contributed by atoms with Crippen molar-refractivity contribution in [2.45, 2.75) is 63.8 Å². The topological polar surface area (TPSA) is 118 Å². The summed E-state index contributed by atoms with van der Waals surface area (Å²) >= 11 is 0. The normalized spacial score (nSPS) is 17.7. The summed E-state index contributed by atoms with van der Waals surface area (Å²) in [4.78, 5) is 13.9. The van der Waals surface area contributed by atoms with Crippen LogP contribution in [0.25, 0.3) is 22.3 Å². The van der Waals surface area contributed by atoms with Gasteiger partial charge in [-0.2, -0.15) is 0 Å². The molecule has 4 heterocycles. The number of aromatic nitrogens is 4. The van der Waals surface area contributed by atoms with E-state index in [1.807, 2.05) is 26.0 Å². The predicted octanol–water partition coefficient (Wildman–Crippen LogP) is 5.73. The molecule has 1 unspecified atom stereocenters. The van der Waals surface area contributed by atoms with Gasteiger partial charge >= 0.3 is 5.97 Å². The molecule has 0 radical (unpaired) electrons. The minimum atomic E-state index is -0.890. The Labute approximate surface area is 221 Å². The second kappa shape index (κ2) is 9.78. The Balaban J connectivity index is 1.26. The number of hydrogen-bond donors (Lipinski definition) is 2. The van der Waals surface area contributed by atoms with Crippen LogP contribution in [0.15, 0.2) is 47.0 Å². The molecule has 1 saturated heterocycles. The molecule has 1 aromatic carbocycles. The van der Waals surface area contributed by atoms with E-state index in [-0.39, 0.29) is 11.7 Å². The zero-order valence-electron chi connectivity index (χ0n) is 21.7. The Hall–Kier alpha value is -3.88. The lowest BCUT2D eigenvalue weighted by Gasteiger charge is -2.35. The number of fused-ring (bicyclic) bond motifs is 1. The molecule has 38 heavy (non-hydrogen) atoms. The largest absolute Gasteiger partial charge is 0.507 e. The fourth-order valence-electron chi connectivity index (χ4n) is 5.94. The number of phenolic OH excluding ortho intramolecular Hbond substituents is 1. The number of hydrogen-bond acceptors (Lipinski definition) is 7. The van der Waals surface area contributed by atoms with E-state index in [2.05, 4.69) is 37.0 Å². The van der Waals surface area contributed by atoms with Crippen molar-refractivity contribution >= 4 is 22.8 Å². The van der Waals surface area contributed by atoms with Gasteiger partial charge in [-0.05, 0) is 62.3 Å². The Morgan fingerprint density at radius 2 is 1.82 bits per heavy atom. The number of carboxylic acid groups (broad SMARTS) is 1. The van der Waals surface area contributed by atoms with Gasteiger partial charge in [-0.15, -0.1) is 10.2 Å². The summed E-state index contributed by atoms with van der Waals surface area (Å²) in [5.41, 5.74) is 4.64. The number of para-hydroxylation sites is 1. The number of aromatic hydroxyl groups is 1. The van der Waals surface area contributed by atoms with E-state index in [1.165, 1.54) is 12.1 Å². The molecular weight excluding hydrogens is 482 g/mol. The maximum atomic E-state index is 11.7. The van der Waals surface area contributed by atoms with Crippen LogP contribution in [0, 0.1) is 5.92 Å². The second-order valence-corrected chi connectivity index (χ2v) is 10.9. The summed E-state index contributed by atoms with van der Waals surface area (Å²) in [7, 11) is 0. The van der Waals surface area contributed by atoms with E-state index in [0.29, 0.717) is 34.8 Å². The van der Waals surface area contributed by atoms with Gasteiger partial charge in [0.1, 0.15) is 17.2 Å². The molecule has 0 bridgehead atoms. The molecule has 2 aliphatic rings. The molecule has 2 fully saturated rings. The third-order valence-electron chi connectivity index (χ3n) is 8.24. The molecule has 6 rings (SSSR count). The van der Waals surface area contributed by atoms with Gasteiger partial charge in [0.05, 0.1) is 11.2 Å². The Morgan fingerprint density at radius 1 is 1.05 bits per heavy atom. The minimum absolute atomic E-state index is 0.0815. The molecule has 1 atom stereocenters. The van der Waals surface area contributed by atoms with Crippen LogP contribution in [0.4, 0.5) is 5.82 Å². The van der Waals surface area contributed by atoms with Crippen molar-refractivity contribution in [2.75, 3.05) is 18.0 Å². The van der Waals surface area contributed by atoms with Crippen LogP contribution in [0.2, 0.25) is 0 Å². The highest BCUT2D eigenvalue weighted by molar-refractivity contribution is 5.82. The van der Waals surface area contributed by atoms with Crippen molar-refractivity contribution in [2.24, 2.45) is 5.92 Å². The number of rotatable bonds is 7. The lowest BCUT2D eigenvalue weighted by Crippen LogP contribution is -2.34. The van der Waals surface area contributed by atoms with Crippen molar-refractivity contribution in [3.8, 4) is 17.0 Å². The highest BCUT2D eigenvalue weighted by Gasteiger charge is 2.32. The summed E-state index contributed by atoms with van der Waals surface area (Å²) < 4.78 is 7.95. The van der Waals surface area contributed by atoms with Crippen molar-refractivity contribution < 1.29 is 19.5 Å². The highest BCUT2D eigenvalue weighted by atomic mass is 16.5. The van der Waals surface area contributed by atoms with E-state index in [0.717, 1.165) is 49.8 Å². The Morgan fingerprint density at radius 3 is 2.47 bits per heavy atom. The molecule has 1 saturated carbocycles. The maximum absolute atomic E-state index is 11.7. The molecule has 2 N–H and O–H groups in total. The Bertz CT molecular complexity index is 1460. The average molecular weight is 516 g/mol. The molecule has 0 amide bonds. The standard InChI is InChI=1S/C29H33N5O4/c1-17(2)28(29(36)37)26-16-27(32-38-26)33-12-10-18(11-13-33)23-15-22-24(34(23)19-6-5-7-19)14-21(30-31-22)20-8-3-4-9-25(20)35/h3-4,8-9,14-19,28,35H,5-7,10-13H2,1-2H3,(H,36,37). The van der Waals surface area contributed by atoms with Crippen molar-refractivity contribution in [1.29, 1.82) is 0 Å². The summed E-state index contributed by atoms with van der Waals surface area (Å²) in [6, 6.07) is 13.8. The first-order chi connectivity index (χ1) is 18.4. The number of benzene rings is 1. The average Bonchev–Trinajstić information content (AvgIpc) is 3.48. The zero-order chi connectivity index (χ0) is 26.4. The summed E-state index contributed by atoms with van der Waals surface area (Å²) in [5.74, 6) is 0.0336. The molecule has 1 aliphatic carbocycles. The third kappa shape index (κ3) is 4.29. The van der Waals surface area contributed by atoms with Gasteiger partial charge < -0.3 is 24.2 Å². The molecule has 9 heteroatoms. The van der Waals surface area contributed by atoms with Gasteiger partial charge in [0.15, 0.2) is 11.6 Å². The van der Waals surface area contributed by atoms with Gasteiger partial charge in [0, 0.05) is 42.4 Å². The van der Waals surface area contributed by atoms with Crippen LogP contribution in [0.1, 0.15) is 75.3 Å². The molecule has 4 aromatic rings. The number of piperidine rings is 1. The molecule has 198 valence electrons. The fourth-order valence-corrected chi connectivity index (χ4v) is 5.94. The number of phenols is 1. The number of carboxylic acids is 1. The third-order valence-corrected chi connectivity index (χ3v) is 8.24. The van der Waals surface area contributed by atoms with E-state index in [1.54, 1.807) is 18.2 Å². The Kier molecular flexibility index (Phi) is 6.29. The SMILES string of the molecule is CC(C)C(C(=O)O)c1cc(N2CCC(c3cc4nnc(-c5ccccc5O)cc4n3C3CCC3)CC2)no1. The number of nitrogens with zero attached hydrogens (tertiary/aromatic N) is 5. The lowest BCUT2D eigenvalue weighted by molar-refractivity contribution is -0.140. The molecule has 0 spiro atoms. The smallest absolute Gasteiger partial charge is 0.314 e. The fraction of sp³-hybridized carbons (Fsp3) is 0.448. The van der Waals surface area contributed by atoms with E-state index < -0.39 is 11.9 Å². The summed E-state index contributed by atoms with van der Waals surface area (Å²) in [5, 5.41) is 33.2. The quantitative estimate of drug-likeness (QED) is 0.321. The highest BCUT2D eigenvalue weighted by Crippen LogP contribution is 2.42. The zero-order valence-corrected chi connectivity index (χ0v) is 21.7. The molecule has 3 aromatic heterocycles. The van der Waals surface area contributed by atoms with Gasteiger partial charge in [0.2, 0.25) is 0 Å². The predicted molar refractivity (Wildman–Crippen MR) is 143 cm³/mol. The first-order valence-corrected chi connectivity index (χ1v) is 13.5. The van der Waals surface area contributed by atoms with Gasteiger partial charge in [-0.1, -0.05) is 31.1 Å². The first kappa shape index (κ1) is 24.5. The van der Waals surface area contributed by atoms with Crippen molar-refractivity contribution in [1.82, 2.24) is 19.9 Å². The number of anilines is 1. The van der Waals surface area contributed by atoms with Gasteiger partial charge in [-0.25, -0.2) is 0 Å². The van der Waals surface area contributed by atoms with Crippen LogP contribution in [0.5, 0.6) is 5.75 Å². The van der Waals surface area contributed by atoms with Gasteiger partial charge in [-0.3, -0.25) is 4.79 Å². The van der Waals surface area contributed by atoms with Gasteiger partial charge in [0.25, 0.3) is 0 Å².